The molecule has 0 aliphatic carbocycles. The topological polar surface area (TPSA) is 43.6 Å². The number of aromatic nitrogens is 4. The summed E-state index contributed by atoms with van der Waals surface area (Å²) in [6, 6.07) is 61.5. The van der Waals surface area contributed by atoms with Gasteiger partial charge in [-0.15, -0.1) is 0 Å². The number of imidazole rings is 1. The molecule has 0 fully saturated rings. The lowest BCUT2D eigenvalue weighted by molar-refractivity contribution is 1.09. The highest BCUT2D eigenvalue weighted by molar-refractivity contribution is 5.91. The van der Waals surface area contributed by atoms with E-state index in [1.54, 1.807) is 0 Å². The second kappa shape index (κ2) is 12.2. The standard InChI is InChI=1S/C45H30N4/c1-3-9-34(10-4-1)42-29-43(35-11-5-2-6-12-35)48-45(47-42)36-19-15-31(16-20-36)37-21-17-33-18-22-38(28-39(33)27-37)32-23-25-40(26-24-32)49-30-46-41-13-7-8-14-44(41)49/h1-30H. The Morgan fingerprint density at radius 2 is 0.878 bits per heavy atom. The molecule has 0 unspecified atom stereocenters. The summed E-state index contributed by atoms with van der Waals surface area (Å²) < 4.78 is 2.13. The van der Waals surface area contributed by atoms with Crippen molar-refractivity contribution in [2.75, 3.05) is 0 Å². The van der Waals surface area contributed by atoms with Crippen LogP contribution in [0.15, 0.2) is 182 Å². The van der Waals surface area contributed by atoms with Crippen LogP contribution in [0.3, 0.4) is 0 Å². The van der Waals surface area contributed by atoms with Crippen LogP contribution < -0.4 is 0 Å². The fraction of sp³-hybridized carbons (Fsp3) is 0. The summed E-state index contributed by atoms with van der Waals surface area (Å²) in [4.78, 5) is 14.5. The summed E-state index contributed by atoms with van der Waals surface area (Å²) in [5.74, 6) is 0.710. The highest BCUT2D eigenvalue weighted by Gasteiger charge is 2.12. The van der Waals surface area contributed by atoms with E-state index in [9.17, 15) is 0 Å². The molecule has 0 aliphatic rings. The molecule has 2 heterocycles. The molecule has 2 aromatic heterocycles. The SMILES string of the molecule is c1ccc(-c2cc(-c3ccccc3)nc(-c3ccc(-c4ccc5ccc(-c6ccc(-n7cnc8ccccc87)cc6)cc5c4)cc3)n2)cc1. The average molecular weight is 627 g/mol. The number of benzene rings is 7. The molecule has 9 rings (SSSR count). The summed E-state index contributed by atoms with van der Waals surface area (Å²) in [6.07, 6.45) is 1.89. The van der Waals surface area contributed by atoms with Crippen LogP contribution >= 0.6 is 0 Å². The van der Waals surface area contributed by atoms with Gasteiger partial charge in [0, 0.05) is 22.4 Å². The van der Waals surface area contributed by atoms with Crippen LogP contribution in [0.1, 0.15) is 0 Å². The lowest BCUT2D eigenvalue weighted by Crippen LogP contribution is -1.95. The van der Waals surface area contributed by atoms with E-state index in [1.165, 1.54) is 27.5 Å². The van der Waals surface area contributed by atoms with Crippen LogP contribution in [0.25, 0.3) is 83.6 Å². The molecule has 4 nitrogen and oxygen atoms in total. The number of fused-ring (bicyclic) bond motifs is 2. The minimum atomic E-state index is 0.710. The van der Waals surface area contributed by atoms with Gasteiger partial charge in [-0.1, -0.05) is 133 Å². The van der Waals surface area contributed by atoms with E-state index < -0.39 is 0 Å². The molecule has 7 aromatic carbocycles. The highest BCUT2D eigenvalue weighted by Crippen LogP contribution is 2.32. The molecular formula is C45H30N4. The second-order valence-corrected chi connectivity index (χ2v) is 12.2. The summed E-state index contributed by atoms with van der Waals surface area (Å²) in [5.41, 5.74) is 12.8. The summed E-state index contributed by atoms with van der Waals surface area (Å²) in [7, 11) is 0. The van der Waals surface area contributed by atoms with Crippen LogP contribution in [0, 0.1) is 0 Å². The molecule has 230 valence electrons. The normalized spacial score (nSPS) is 11.3. The van der Waals surface area contributed by atoms with Crippen LogP contribution in [0.5, 0.6) is 0 Å². The molecule has 9 aromatic rings. The van der Waals surface area contributed by atoms with Crippen molar-refractivity contribution in [1.29, 1.82) is 0 Å². The van der Waals surface area contributed by atoms with Gasteiger partial charge in [-0.3, -0.25) is 4.57 Å². The fourth-order valence-corrected chi connectivity index (χ4v) is 6.49. The first-order valence-electron chi connectivity index (χ1n) is 16.4. The number of hydrogen-bond acceptors (Lipinski definition) is 3. The Morgan fingerprint density at radius 3 is 1.49 bits per heavy atom. The monoisotopic (exact) mass is 626 g/mol. The van der Waals surface area contributed by atoms with Crippen molar-refractivity contribution in [3.8, 4) is 61.8 Å². The number of hydrogen-bond donors (Lipinski definition) is 0. The van der Waals surface area contributed by atoms with Gasteiger partial charge in [0.1, 0.15) is 6.33 Å². The molecule has 0 bridgehead atoms. The largest absolute Gasteiger partial charge is 0.299 e. The highest BCUT2D eigenvalue weighted by atomic mass is 15.0. The maximum atomic E-state index is 5.00. The van der Waals surface area contributed by atoms with Gasteiger partial charge in [0.2, 0.25) is 0 Å². The quantitative estimate of drug-likeness (QED) is 0.184. The zero-order chi connectivity index (χ0) is 32.6. The summed E-state index contributed by atoms with van der Waals surface area (Å²) >= 11 is 0. The average Bonchev–Trinajstić information content (AvgIpc) is 3.62. The smallest absolute Gasteiger partial charge is 0.160 e. The maximum Gasteiger partial charge on any atom is 0.160 e. The third kappa shape index (κ3) is 5.56. The molecule has 0 radical (unpaired) electrons. The van der Waals surface area contributed by atoms with Crippen LogP contribution in [-0.2, 0) is 0 Å². The maximum absolute atomic E-state index is 5.00. The van der Waals surface area contributed by atoms with Gasteiger partial charge in [0.15, 0.2) is 5.82 Å². The van der Waals surface area contributed by atoms with Crippen molar-refractivity contribution in [3.63, 3.8) is 0 Å². The first kappa shape index (κ1) is 28.6. The van der Waals surface area contributed by atoms with Crippen molar-refractivity contribution in [2.45, 2.75) is 0 Å². The van der Waals surface area contributed by atoms with E-state index in [2.05, 4.69) is 131 Å². The van der Waals surface area contributed by atoms with Gasteiger partial charge in [0.25, 0.3) is 0 Å². The second-order valence-electron chi connectivity index (χ2n) is 12.2. The Labute approximate surface area is 284 Å². The predicted octanol–water partition coefficient (Wildman–Crippen LogP) is 11.3. The molecule has 4 heteroatoms. The number of para-hydroxylation sites is 2. The molecular weight excluding hydrogens is 597 g/mol. The number of nitrogens with zero attached hydrogens (tertiary/aromatic N) is 4. The zero-order valence-electron chi connectivity index (χ0n) is 26.6. The third-order valence-corrected chi connectivity index (χ3v) is 9.11. The predicted molar refractivity (Wildman–Crippen MR) is 201 cm³/mol. The van der Waals surface area contributed by atoms with Crippen molar-refractivity contribution >= 4 is 21.8 Å². The van der Waals surface area contributed by atoms with Gasteiger partial charge in [-0.25, -0.2) is 15.0 Å². The Balaban J connectivity index is 1.02. The van der Waals surface area contributed by atoms with E-state index in [0.29, 0.717) is 5.82 Å². The van der Waals surface area contributed by atoms with E-state index in [1.807, 2.05) is 60.9 Å². The van der Waals surface area contributed by atoms with E-state index in [-0.39, 0.29) is 0 Å². The minimum Gasteiger partial charge on any atom is -0.299 e. The molecule has 0 amide bonds. The fourth-order valence-electron chi connectivity index (χ4n) is 6.49. The van der Waals surface area contributed by atoms with Gasteiger partial charge in [-0.2, -0.15) is 0 Å². The van der Waals surface area contributed by atoms with Gasteiger partial charge in [-0.05, 0) is 75.5 Å². The third-order valence-electron chi connectivity index (χ3n) is 9.11. The Kier molecular flexibility index (Phi) is 7.10. The molecule has 0 saturated carbocycles. The van der Waals surface area contributed by atoms with Gasteiger partial charge in [0.05, 0.1) is 22.4 Å². The molecule has 0 spiro atoms. The molecule has 0 atom stereocenters. The lowest BCUT2D eigenvalue weighted by atomic mass is 9.97. The van der Waals surface area contributed by atoms with E-state index >= 15 is 0 Å². The Morgan fingerprint density at radius 1 is 0.367 bits per heavy atom. The van der Waals surface area contributed by atoms with E-state index in [0.717, 1.165) is 50.4 Å². The zero-order valence-corrected chi connectivity index (χ0v) is 26.6. The lowest BCUT2D eigenvalue weighted by Gasteiger charge is -2.11. The Hall–Kier alpha value is -6.65. The van der Waals surface area contributed by atoms with Crippen LogP contribution in [-0.4, -0.2) is 19.5 Å². The Bertz CT molecular complexity index is 2510. The molecule has 0 N–H and O–H groups in total. The molecule has 49 heavy (non-hydrogen) atoms. The van der Waals surface area contributed by atoms with Crippen molar-refractivity contribution in [1.82, 2.24) is 19.5 Å². The first-order valence-corrected chi connectivity index (χ1v) is 16.4. The minimum absolute atomic E-state index is 0.710. The summed E-state index contributed by atoms with van der Waals surface area (Å²) in [6.45, 7) is 0. The summed E-state index contributed by atoms with van der Waals surface area (Å²) in [5, 5.41) is 2.42. The van der Waals surface area contributed by atoms with E-state index in [4.69, 9.17) is 9.97 Å². The van der Waals surface area contributed by atoms with Crippen molar-refractivity contribution in [2.24, 2.45) is 0 Å². The van der Waals surface area contributed by atoms with Crippen molar-refractivity contribution < 1.29 is 0 Å². The van der Waals surface area contributed by atoms with Gasteiger partial charge < -0.3 is 0 Å². The van der Waals surface area contributed by atoms with Crippen LogP contribution in [0.2, 0.25) is 0 Å². The van der Waals surface area contributed by atoms with Crippen molar-refractivity contribution in [3.05, 3.63) is 182 Å². The first-order chi connectivity index (χ1) is 24.2. The molecule has 0 aliphatic heterocycles. The van der Waals surface area contributed by atoms with Crippen LogP contribution in [0.4, 0.5) is 0 Å². The molecule has 0 saturated heterocycles. The number of rotatable bonds is 6. The van der Waals surface area contributed by atoms with Gasteiger partial charge >= 0.3 is 0 Å².